The zero-order valence-corrected chi connectivity index (χ0v) is 16.9. The molecule has 0 unspecified atom stereocenters. The van der Waals surface area contributed by atoms with Crippen LogP contribution in [0, 0.1) is 6.92 Å². The first kappa shape index (κ1) is 19.4. The molecule has 0 bridgehead atoms. The highest BCUT2D eigenvalue weighted by Crippen LogP contribution is 2.13. The van der Waals surface area contributed by atoms with Crippen LogP contribution in [0.3, 0.4) is 0 Å². The van der Waals surface area contributed by atoms with E-state index in [0.717, 1.165) is 5.75 Å². The highest BCUT2D eigenvalue weighted by atomic mass is 32.2. The molecule has 0 atom stereocenters. The first-order chi connectivity index (χ1) is 13.0. The highest BCUT2D eigenvalue weighted by Gasteiger charge is 2.10. The SMILES string of the molecule is Cc1ccc(OCCN(C)C(=O)CSCc2cc(=O)n3ccsc3n2)cc1. The third kappa shape index (κ3) is 5.33. The molecule has 3 rings (SSSR count). The van der Waals surface area contributed by atoms with E-state index in [1.807, 2.05) is 36.6 Å². The summed E-state index contributed by atoms with van der Waals surface area (Å²) in [5.41, 5.74) is 1.79. The molecular formula is C19H21N3O3S2. The van der Waals surface area contributed by atoms with Gasteiger partial charge in [-0.2, -0.15) is 0 Å². The van der Waals surface area contributed by atoms with E-state index >= 15 is 0 Å². The molecule has 2 aromatic heterocycles. The van der Waals surface area contributed by atoms with E-state index in [1.54, 1.807) is 18.1 Å². The second-order valence-corrected chi connectivity index (χ2v) is 7.97. The standard InChI is InChI=1S/C19H21N3O3S2/c1-14-3-5-16(6-4-14)25-9-7-21(2)18(24)13-26-12-15-11-17(23)22-8-10-27-19(22)20-15/h3-6,8,10-11H,7,9,12-13H2,1-2H3. The normalized spacial score (nSPS) is 10.9. The van der Waals surface area contributed by atoms with Gasteiger partial charge in [-0.05, 0) is 19.1 Å². The van der Waals surface area contributed by atoms with Crippen molar-refractivity contribution in [2.75, 3.05) is 26.0 Å². The molecule has 0 aliphatic carbocycles. The zero-order chi connectivity index (χ0) is 19.2. The number of nitrogens with zero attached hydrogens (tertiary/aromatic N) is 3. The van der Waals surface area contributed by atoms with Crippen LogP contribution in [0.4, 0.5) is 0 Å². The van der Waals surface area contributed by atoms with Crippen LogP contribution in [0.25, 0.3) is 4.96 Å². The maximum atomic E-state index is 12.2. The smallest absolute Gasteiger partial charge is 0.258 e. The van der Waals surface area contributed by atoms with E-state index in [9.17, 15) is 9.59 Å². The van der Waals surface area contributed by atoms with Gasteiger partial charge in [0.25, 0.3) is 5.56 Å². The van der Waals surface area contributed by atoms with Crippen LogP contribution in [-0.4, -0.2) is 46.1 Å². The minimum atomic E-state index is -0.0893. The summed E-state index contributed by atoms with van der Waals surface area (Å²) in [6, 6.07) is 9.36. The van der Waals surface area contributed by atoms with Gasteiger partial charge < -0.3 is 9.64 Å². The quantitative estimate of drug-likeness (QED) is 0.579. The molecular weight excluding hydrogens is 382 g/mol. The summed E-state index contributed by atoms with van der Waals surface area (Å²) in [6.07, 6.45) is 1.71. The Kier molecular flexibility index (Phi) is 6.52. The summed E-state index contributed by atoms with van der Waals surface area (Å²) in [7, 11) is 1.77. The molecule has 142 valence electrons. The molecule has 0 radical (unpaired) electrons. The predicted octanol–water partition coefficient (Wildman–Crippen LogP) is 2.84. The first-order valence-electron chi connectivity index (χ1n) is 8.50. The largest absolute Gasteiger partial charge is 0.492 e. The Hall–Kier alpha value is -2.32. The van der Waals surface area contributed by atoms with Crippen molar-refractivity contribution in [3.8, 4) is 5.75 Å². The third-order valence-electron chi connectivity index (χ3n) is 3.97. The topological polar surface area (TPSA) is 63.9 Å². The van der Waals surface area contributed by atoms with Gasteiger partial charge in [0.05, 0.1) is 18.0 Å². The van der Waals surface area contributed by atoms with E-state index in [0.29, 0.717) is 35.3 Å². The Labute approximate surface area is 165 Å². The van der Waals surface area contributed by atoms with Crippen molar-refractivity contribution in [3.05, 3.63) is 63.5 Å². The Bertz CT molecular complexity index is 966. The van der Waals surface area contributed by atoms with Crippen LogP contribution in [0.1, 0.15) is 11.3 Å². The molecule has 0 saturated heterocycles. The average Bonchev–Trinajstić information content (AvgIpc) is 3.12. The lowest BCUT2D eigenvalue weighted by Crippen LogP contribution is -2.32. The third-order valence-corrected chi connectivity index (χ3v) is 5.68. The lowest BCUT2D eigenvalue weighted by Gasteiger charge is -2.17. The number of aryl methyl sites for hydroxylation is 1. The molecule has 6 nitrogen and oxygen atoms in total. The molecule has 2 heterocycles. The van der Waals surface area contributed by atoms with E-state index in [4.69, 9.17) is 4.74 Å². The Morgan fingerprint density at radius 1 is 1.33 bits per heavy atom. The van der Waals surface area contributed by atoms with Crippen molar-refractivity contribution < 1.29 is 9.53 Å². The number of fused-ring (bicyclic) bond motifs is 1. The lowest BCUT2D eigenvalue weighted by molar-refractivity contribution is -0.127. The number of thioether (sulfide) groups is 1. The molecule has 1 amide bonds. The zero-order valence-electron chi connectivity index (χ0n) is 15.3. The van der Waals surface area contributed by atoms with Gasteiger partial charge in [-0.3, -0.25) is 14.0 Å². The summed E-state index contributed by atoms with van der Waals surface area (Å²) < 4.78 is 7.18. The monoisotopic (exact) mass is 403 g/mol. The van der Waals surface area contributed by atoms with E-state index in [-0.39, 0.29) is 11.5 Å². The Balaban J connectivity index is 1.41. The van der Waals surface area contributed by atoms with Crippen LogP contribution in [-0.2, 0) is 10.5 Å². The number of benzene rings is 1. The number of hydrogen-bond donors (Lipinski definition) is 0. The minimum absolute atomic E-state index is 0.0291. The molecule has 1 aromatic carbocycles. The van der Waals surface area contributed by atoms with Crippen molar-refractivity contribution in [1.29, 1.82) is 0 Å². The number of likely N-dealkylation sites (N-methyl/N-ethyl adjacent to an activating group) is 1. The molecule has 27 heavy (non-hydrogen) atoms. The summed E-state index contributed by atoms with van der Waals surface area (Å²) in [5, 5.41) is 1.83. The van der Waals surface area contributed by atoms with Crippen molar-refractivity contribution in [3.63, 3.8) is 0 Å². The van der Waals surface area contributed by atoms with Gasteiger partial charge in [-0.15, -0.1) is 23.1 Å². The minimum Gasteiger partial charge on any atom is -0.492 e. The predicted molar refractivity (Wildman–Crippen MR) is 110 cm³/mol. The number of aromatic nitrogens is 2. The number of hydrogen-bond acceptors (Lipinski definition) is 6. The maximum Gasteiger partial charge on any atom is 0.258 e. The summed E-state index contributed by atoms with van der Waals surface area (Å²) in [6.45, 7) is 3.00. The van der Waals surface area contributed by atoms with Crippen molar-refractivity contribution in [2.45, 2.75) is 12.7 Å². The van der Waals surface area contributed by atoms with Crippen molar-refractivity contribution >= 4 is 34.0 Å². The lowest BCUT2D eigenvalue weighted by atomic mass is 10.2. The maximum absolute atomic E-state index is 12.2. The number of rotatable bonds is 8. The van der Waals surface area contributed by atoms with Crippen LogP contribution in [0.5, 0.6) is 5.75 Å². The van der Waals surface area contributed by atoms with Crippen molar-refractivity contribution in [2.24, 2.45) is 0 Å². The molecule has 8 heteroatoms. The average molecular weight is 404 g/mol. The first-order valence-corrected chi connectivity index (χ1v) is 10.5. The van der Waals surface area contributed by atoms with Gasteiger partial charge in [-0.1, -0.05) is 17.7 Å². The van der Waals surface area contributed by atoms with Crippen LogP contribution < -0.4 is 10.3 Å². The number of carbonyl (C=O) groups is 1. The van der Waals surface area contributed by atoms with Gasteiger partial charge in [-0.25, -0.2) is 4.98 Å². The van der Waals surface area contributed by atoms with Gasteiger partial charge in [0, 0.05) is 30.4 Å². The Morgan fingerprint density at radius 3 is 2.89 bits per heavy atom. The fourth-order valence-corrected chi connectivity index (χ4v) is 3.97. The fraction of sp³-hybridized carbons (Fsp3) is 0.316. The second kappa shape index (κ2) is 9.05. The molecule has 3 aromatic rings. The molecule has 0 saturated carbocycles. The van der Waals surface area contributed by atoms with Crippen molar-refractivity contribution in [1.82, 2.24) is 14.3 Å². The van der Waals surface area contributed by atoms with Crippen LogP contribution >= 0.6 is 23.1 Å². The van der Waals surface area contributed by atoms with E-state index < -0.39 is 0 Å². The molecule has 0 fully saturated rings. The molecule has 0 N–H and O–H groups in total. The molecule has 0 aliphatic heterocycles. The van der Waals surface area contributed by atoms with E-state index in [1.165, 1.54) is 39.1 Å². The van der Waals surface area contributed by atoms with Crippen LogP contribution in [0.15, 0.2) is 46.7 Å². The van der Waals surface area contributed by atoms with E-state index in [2.05, 4.69) is 4.98 Å². The molecule has 0 aliphatic rings. The summed E-state index contributed by atoms with van der Waals surface area (Å²) in [4.78, 5) is 31.0. The summed E-state index contributed by atoms with van der Waals surface area (Å²) >= 11 is 2.88. The number of carbonyl (C=O) groups excluding carboxylic acids is 1. The van der Waals surface area contributed by atoms with Crippen LogP contribution in [0.2, 0.25) is 0 Å². The van der Waals surface area contributed by atoms with Gasteiger partial charge in [0.2, 0.25) is 5.91 Å². The van der Waals surface area contributed by atoms with Gasteiger partial charge in [0.15, 0.2) is 4.96 Å². The number of ether oxygens (including phenoxy) is 1. The highest BCUT2D eigenvalue weighted by molar-refractivity contribution is 7.99. The fourth-order valence-electron chi connectivity index (χ4n) is 2.37. The van der Waals surface area contributed by atoms with Gasteiger partial charge in [0.1, 0.15) is 12.4 Å². The number of thiazole rings is 1. The number of amides is 1. The Morgan fingerprint density at radius 2 is 2.11 bits per heavy atom. The molecule has 0 spiro atoms. The summed E-state index contributed by atoms with van der Waals surface area (Å²) in [5.74, 6) is 1.70. The second-order valence-electron chi connectivity index (χ2n) is 6.11. The van der Waals surface area contributed by atoms with Gasteiger partial charge >= 0.3 is 0 Å².